The average Bonchev–Trinajstić information content (AvgIpc) is 2.02. The van der Waals surface area contributed by atoms with Crippen LogP contribution < -0.4 is 0 Å². The third kappa shape index (κ3) is 3.23. The van der Waals surface area contributed by atoms with Crippen molar-refractivity contribution in [3.8, 4) is 0 Å². The summed E-state index contributed by atoms with van der Waals surface area (Å²) >= 11 is 34.3. The molecule has 0 radical (unpaired) electrons. The molecule has 0 fully saturated rings. The zero-order valence-electron chi connectivity index (χ0n) is 6.58. The molecule has 0 N–H and O–H groups in total. The summed E-state index contributed by atoms with van der Waals surface area (Å²) in [5.41, 5.74) is 1.01. The highest BCUT2D eigenvalue weighted by Crippen LogP contribution is 2.43. The van der Waals surface area contributed by atoms with Crippen LogP contribution in [0.4, 0.5) is 0 Å². The fourth-order valence-corrected chi connectivity index (χ4v) is 2.04. The molecule has 0 heterocycles. The molecule has 1 rings (SSSR count). The zero-order chi connectivity index (χ0) is 10.9. The smallest absolute Gasteiger partial charge is 0.100 e. The van der Waals surface area contributed by atoms with E-state index in [1.165, 1.54) is 0 Å². The van der Waals surface area contributed by atoms with Gasteiger partial charge in [0, 0.05) is 10.6 Å². The Hall–Kier alpha value is 0.960. The van der Waals surface area contributed by atoms with Crippen molar-refractivity contribution in [3.05, 3.63) is 34.3 Å². The van der Waals surface area contributed by atoms with Crippen LogP contribution in [0.1, 0.15) is 16.0 Å². The van der Waals surface area contributed by atoms with E-state index in [4.69, 9.17) is 69.6 Å². The van der Waals surface area contributed by atoms with Crippen LogP contribution in [0, 0.1) is 0 Å². The van der Waals surface area contributed by atoms with Crippen molar-refractivity contribution in [3.63, 3.8) is 0 Å². The van der Waals surface area contributed by atoms with Crippen molar-refractivity contribution < 1.29 is 0 Å². The maximum atomic E-state index is 5.85. The van der Waals surface area contributed by atoms with Gasteiger partial charge in [0.25, 0.3) is 0 Å². The predicted octanol–water partition coefficient (Wildman–Crippen LogP) is 5.64. The van der Waals surface area contributed by atoms with Crippen molar-refractivity contribution in [1.82, 2.24) is 0 Å². The predicted molar refractivity (Wildman–Crippen MR) is 65.1 cm³/mol. The Kier molecular flexibility index (Phi) is 4.52. The Balaban J connectivity index is 3.22. The Morgan fingerprint density at radius 2 is 1.64 bits per heavy atom. The van der Waals surface area contributed by atoms with E-state index < -0.39 is 8.63 Å². The lowest BCUT2D eigenvalue weighted by Crippen LogP contribution is -2.02. The minimum absolute atomic E-state index is 0.364. The molecule has 6 heteroatoms. The van der Waals surface area contributed by atoms with Crippen LogP contribution in [0.2, 0.25) is 5.02 Å². The Morgan fingerprint density at radius 1 is 1.07 bits per heavy atom. The van der Waals surface area contributed by atoms with Crippen molar-refractivity contribution in [2.75, 3.05) is 0 Å². The standard InChI is InChI=1S/C8H4Cl6/c9-6-2-1-4(7(10)11)3-5(6)8(12,13)14/h1-3,7H. The fraction of sp³-hybridized carbons (Fsp3) is 0.250. The van der Waals surface area contributed by atoms with Gasteiger partial charge in [-0.3, -0.25) is 0 Å². The average molecular weight is 313 g/mol. The highest BCUT2D eigenvalue weighted by Gasteiger charge is 2.26. The molecule has 0 atom stereocenters. The number of hydrogen-bond acceptors (Lipinski definition) is 0. The number of benzene rings is 1. The van der Waals surface area contributed by atoms with E-state index in [1.54, 1.807) is 18.2 Å². The van der Waals surface area contributed by atoms with Gasteiger partial charge >= 0.3 is 0 Å². The first-order valence-corrected chi connectivity index (χ1v) is 5.85. The molecule has 0 amide bonds. The first-order valence-electron chi connectivity index (χ1n) is 3.47. The van der Waals surface area contributed by atoms with E-state index in [0.717, 1.165) is 0 Å². The van der Waals surface area contributed by atoms with Crippen molar-refractivity contribution in [1.29, 1.82) is 0 Å². The summed E-state index contributed by atoms with van der Waals surface area (Å²) in [5.74, 6) is 0. The van der Waals surface area contributed by atoms with Crippen LogP contribution in [0.5, 0.6) is 0 Å². The number of hydrogen-bond donors (Lipinski definition) is 0. The molecule has 0 saturated carbocycles. The largest absolute Gasteiger partial charge is 0.217 e. The first kappa shape index (κ1) is 13.0. The molecule has 78 valence electrons. The topological polar surface area (TPSA) is 0 Å². The lowest BCUT2D eigenvalue weighted by atomic mass is 10.1. The normalized spacial score (nSPS) is 12.2. The third-order valence-electron chi connectivity index (χ3n) is 1.55. The van der Waals surface area contributed by atoms with Crippen LogP contribution in [0.25, 0.3) is 0 Å². The molecular weight excluding hydrogens is 309 g/mol. The lowest BCUT2D eigenvalue weighted by Gasteiger charge is -2.14. The van der Waals surface area contributed by atoms with Gasteiger partial charge in [-0.25, -0.2) is 0 Å². The molecule has 0 spiro atoms. The highest BCUT2D eigenvalue weighted by atomic mass is 35.6. The molecular formula is C8H4Cl6. The molecule has 0 saturated heterocycles. The quantitative estimate of drug-likeness (QED) is 0.588. The number of alkyl halides is 5. The van der Waals surface area contributed by atoms with Gasteiger partial charge in [-0.1, -0.05) is 52.5 Å². The molecule has 0 unspecified atom stereocenters. The molecule has 0 aliphatic heterocycles. The van der Waals surface area contributed by atoms with E-state index in [9.17, 15) is 0 Å². The van der Waals surface area contributed by atoms with E-state index in [-0.39, 0.29) is 0 Å². The van der Waals surface area contributed by atoms with Crippen molar-refractivity contribution in [2.24, 2.45) is 0 Å². The van der Waals surface area contributed by atoms with Crippen LogP contribution in [-0.2, 0) is 3.79 Å². The minimum Gasteiger partial charge on any atom is -0.100 e. The molecule has 0 nitrogen and oxygen atoms in total. The fourth-order valence-electron chi connectivity index (χ4n) is 0.896. The van der Waals surface area contributed by atoms with Crippen LogP contribution >= 0.6 is 69.6 Å². The maximum Gasteiger partial charge on any atom is 0.217 e. The van der Waals surface area contributed by atoms with Crippen molar-refractivity contribution in [2.45, 2.75) is 8.63 Å². The summed E-state index contributed by atoms with van der Waals surface area (Å²) < 4.78 is -1.57. The van der Waals surface area contributed by atoms with E-state index in [2.05, 4.69) is 0 Å². The van der Waals surface area contributed by atoms with Gasteiger partial charge < -0.3 is 0 Å². The molecule has 14 heavy (non-hydrogen) atoms. The SMILES string of the molecule is Clc1ccc(C(Cl)Cl)cc1C(Cl)(Cl)Cl. The molecule has 0 aliphatic rings. The van der Waals surface area contributed by atoms with Crippen LogP contribution in [0.15, 0.2) is 18.2 Å². The molecule has 0 aliphatic carbocycles. The molecule has 0 bridgehead atoms. The van der Waals surface area contributed by atoms with Gasteiger partial charge in [0.2, 0.25) is 3.79 Å². The molecule has 1 aromatic carbocycles. The summed E-state index contributed by atoms with van der Waals surface area (Å²) in [4.78, 5) is -0.668. The van der Waals surface area contributed by atoms with Gasteiger partial charge in [0.05, 0.1) is 0 Å². The Morgan fingerprint density at radius 3 is 2.07 bits per heavy atom. The van der Waals surface area contributed by atoms with Crippen LogP contribution in [-0.4, -0.2) is 0 Å². The highest BCUT2D eigenvalue weighted by molar-refractivity contribution is 6.67. The summed E-state index contributed by atoms with van der Waals surface area (Å²) in [6.45, 7) is 0. The summed E-state index contributed by atoms with van der Waals surface area (Å²) in [7, 11) is 0. The number of halogens is 6. The Labute approximate surface area is 112 Å². The van der Waals surface area contributed by atoms with E-state index in [0.29, 0.717) is 16.1 Å². The van der Waals surface area contributed by atoms with E-state index >= 15 is 0 Å². The maximum absolute atomic E-state index is 5.85. The van der Waals surface area contributed by atoms with Gasteiger partial charge in [-0.05, 0) is 17.7 Å². The number of rotatable bonds is 1. The van der Waals surface area contributed by atoms with Crippen LogP contribution in [0.3, 0.4) is 0 Å². The molecule has 1 aromatic rings. The summed E-state index contributed by atoms with van der Waals surface area (Å²) in [5, 5.41) is 0.364. The second-order valence-corrected chi connectivity index (χ2v) is 6.32. The van der Waals surface area contributed by atoms with E-state index in [1.807, 2.05) is 0 Å². The summed E-state index contributed by atoms with van der Waals surface area (Å²) in [6.07, 6.45) is 0. The van der Waals surface area contributed by atoms with Gasteiger partial charge in [-0.15, -0.1) is 23.2 Å². The second-order valence-electron chi connectivity index (χ2n) is 2.54. The van der Waals surface area contributed by atoms with Gasteiger partial charge in [-0.2, -0.15) is 0 Å². The van der Waals surface area contributed by atoms with Gasteiger partial charge in [0.1, 0.15) is 4.84 Å². The third-order valence-corrected chi connectivity index (χ3v) is 2.99. The van der Waals surface area contributed by atoms with Gasteiger partial charge in [0.15, 0.2) is 0 Å². The summed E-state index contributed by atoms with van der Waals surface area (Å²) in [6, 6.07) is 4.83. The first-order chi connectivity index (χ1) is 6.32. The van der Waals surface area contributed by atoms with Crippen molar-refractivity contribution >= 4 is 69.6 Å². The lowest BCUT2D eigenvalue weighted by molar-refractivity contribution is 1.20. The Bertz CT molecular complexity index is 327. The second kappa shape index (κ2) is 4.86. The molecule has 0 aromatic heterocycles. The zero-order valence-corrected chi connectivity index (χ0v) is 11.1. The minimum atomic E-state index is -1.57. The monoisotopic (exact) mass is 310 g/mol.